The smallest absolute Gasteiger partial charge is 0.423 e. The van der Waals surface area contributed by atoms with E-state index < -0.39 is 30.8 Å². The Hall–Kier alpha value is -1.02. The van der Waals surface area contributed by atoms with E-state index in [-0.39, 0.29) is 6.26 Å². The van der Waals surface area contributed by atoms with Crippen LogP contribution in [-0.4, -0.2) is 30.8 Å². The number of rotatable bonds is 4. The van der Waals surface area contributed by atoms with Crippen molar-refractivity contribution in [3.63, 3.8) is 0 Å². The highest BCUT2D eigenvalue weighted by molar-refractivity contribution is 4.88. The fraction of sp³-hybridized carbons (Fsp3) is 0.714. The molecule has 96 valence electrons. The van der Waals surface area contributed by atoms with E-state index in [0.29, 0.717) is 0 Å². The minimum Gasteiger partial charge on any atom is -0.492 e. The molecule has 9 heteroatoms. The highest BCUT2D eigenvalue weighted by atomic mass is 19.4. The second kappa shape index (κ2) is 4.88. The molecule has 2 atom stereocenters. The van der Waals surface area contributed by atoms with Crippen molar-refractivity contribution < 1.29 is 39.9 Å². The molecule has 0 aromatic rings. The lowest BCUT2D eigenvalue weighted by Crippen LogP contribution is -2.48. The van der Waals surface area contributed by atoms with Crippen molar-refractivity contribution in [3.8, 4) is 0 Å². The van der Waals surface area contributed by atoms with E-state index in [0.717, 1.165) is 0 Å². The molecule has 0 saturated carbocycles. The van der Waals surface area contributed by atoms with Gasteiger partial charge in [-0.2, -0.15) is 26.3 Å². The fourth-order valence-corrected chi connectivity index (χ4v) is 0.770. The van der Waals surface area contributed by atoms with Gasteiger partial charge in [-0.25, -0.2) is 8.78 Å². The van der Waals surface area contributed by atoms with E-state index >= 15 is 0 Å². The second-order valence-electron chi connectivity index (χ2n) is 2.65. The number of hydrogen-bond acceptors (Lipinski definition) is 1. The van der Waals surface area contributed by atoms with E-state index in [9.17, 15) is 35.1 Å². The van der Waals surface area contributed by atoms with Crippen LogP contribution in [0, 0.1) is 0 Å². The Bertz CT molecular complexity index is 212. The van der Waals surface area contributed by atoms with Crippen LogP contribution in [-0.2, 0) is 4.74 Å². The van der Waals surface area contributed by atoms with Gasteiger partial charge >= 0.3 is 12.4 Å². The average Bonchev–Trinajstić information content (AvgIpc) is 2.09. The van der Waals surface area contributed by atoms with Crippen molar-refractivity contribution in [2.45, 2.75) is 30.8 Å². The van der Waals surface area contributed by atoms with Crippen LogP contribution in [0.25, 0.3) is 0 Å². The Morgan fingerprint density at radius 3 is 1.38 bits per heavy atom. The van der Waals surface area contributed by atoms with Gasteiger partial charge in [0.05, 0.1) is 6.26 Å². The van der Waals surface area contributed by atoms with Crippen molar-refractivity contribution in [2.75, 3.05) is 0 Å². The van der Waals surface area contributed by atoms with Gasteiger partial charge < -0.3 is 4.74 Å². The third kappa shape index (κ3) is 3.86. The van der Waals surface area contributed by atoms with Crippen molar-refractivity contribution in [1.29, 1.82) is 0 Å². The summed E-state index contributed by atoms with van der Waals surface area (Å²) < 4.78 is 99.1. The van der Waals surface area contributed by atoms with Crippen LogP contribution < -0.4 is 0 Å². The van der Waals surface area contributed by atoms with Crippen molar-refractivity contribution in [3.05, 3.63) is 12.8 Å². The van der Waals surface area contributed by atoms with Gasteiger partial charge in [0.1, 0.15) is 0 Å². The Labute approximate surface area is 84.7 Å². The van der Waals surface area contributed by atoms with Gasteiger partial charge in [0.15, 0.2) is 6.10 Å². The predicted molar refractivity (Wildman–Crippen MR) is 37.0 cm³/mol. The molecule has 0 heterocycles. The topological polar surface area (TPSA) is 9.23 Å². The molecule has 0 aliphatic carbocycles. The van der Waals surface area contributed by atoms with Crippen molar-refractivity contribution >= 4 is 0 Å². The van der Waals surface area contributed by atoms with Crippen LogP contribution in [0.15, 0.2) is 12.8 Å². The molecule has 16 heavy (non-hydrogen) atoms. The lowest BCUT2D eigenvalue weighted by molar-refractivity contribution is -0.253. The van der Waals surface area contributed by atoms with Crippen LogP contribution in [0.3, 0.4) is 0 Å². The first-order valence-electron chi connectivity index (χ1n) is 3.69. The molecule has 0 radical (unpaired) electrons. The van der Waals surface area contributed by atoms with Gasteiger partial charge in [-0.05, 0) is 0 Å². The SMILES string of the molecule is C=COC(C(F)C(F)(F)F)C(F)C(F)(F)F. The summed E-state index contributed by atoms with van der Waals surface area (Å²) in [4.78, 5) is 0. The zero-order valence-corrected chi connectivity index (χ0v) is 7.45. The maximum Gasteiger partial charge on any atom is 0.423 e. The molecule has 0 aromatic carbocycles. The Balaban J connectivity index is 4.94. The third-order valence-corrected chi connectivity index (χ3v) is 1.46. The largest absolute Gasteiger partial charge is 0.492 e. The molecule has 0 N–H and O–H groups in total. The Morgan fingerprint density at radius 2 is 1.19 bits per heavy atom. The van der Waals surface area contributed by atoms with Gasteiger partial charge in [0.2, 0.25) is 12.3 Å². The quantitative estimate of drug-likeness (QED) is 0.555. The van der Waals surface area contributed by atoms with Crippen LogP contribution in [0.2, 0.25) is 0 Å². The normalized spacial score (nSPS) is 18.8. The third-order valence-electron chi connectivity index (χ3n) is 1.46. The maximum atomic E-state index is 12.5. The van der Waals surface area contributed by atoms with Crippen LogP contribution in [0.4, 0.5) is 35.1 Å². The molecule has 0 bridgehead atoms. The fourth-order valence-electron chi connectivity index (χ4n) is 0.770. The molecule has 0 amide bonds. The number of ether oxygens (including phenoxy) is 1. The lowest BCUT2D eigenvalue weighted by Gasteiger charge is -2.26. The van der Waals surface area contributed by atoms with E-state index in [2.05, 4.69) is 11.3 Å². The molecule has 0 aromatic heterocycles. The second-order valence-corrected chi connectivity index (χ2v) is 2.65. The summed E-state index contributed by atoms with van der Waals surface area (Å²) in [5, 5.41) is 0. The number of alkyl halides is 8. The van der Waals surface area contributed by atoms with Gasteiger partial charge in [0, 0.05) is 0 Å². The summed E-state index contributed by atoms with van der Waals surface area (Å²) in [6.07, 6.45) is -22.7. The van der Waals surface area contributed by atoms with Crippen LogP contribution in [0.1, 0.15) is 0 Å². The monoisotopic (exact) mass is 258 g/mol. The average molecular weight is 258 g/mol. The summed E-state index contributed by atoms with van der Waals surface area (Å²) in [6.45, 7) is 2.64. The zero-order chi connectivity index (χ0) is 13.1. The highest BCUT2D eigenvalue weighted by Gasteiger charge is 2.57. The summed E-state index contributed by atoms with van der Waals surface area (Å²) >= 11 is 0. The molecule has 1 nitrogen and oxygen atoms in total. The van der Waals surface area contributed by atoms with Gasteiger partial charge in [0.25, 0.3) is 0 Å². The van der Waals surface area contributed by atoms with Crippen molar-refractivity contribution in [2.24, 2.45) is 0 Å². The Morgan fingerprint density at radius 1 is 0.875 bits per heavy atom. The van der Waals surface area contributed by atoms with Gasteiger partial charge in [-0.1, -0.05) is 6.58 Å². The lowest BCUT2D eigenvalue weighted by atomic mass is 10.1. The minimum absolute atomic E-state index is 0.112. The molecule has 0 aliphatic rings. The molecule has 0 fully saturated rings. The number of halogens is 8. The molecule has 2 unspecified atom stereocenters. The highest BCUT2D eigenvalue weighted by Crippen LogP contribution is 2.35. The molecule has 0 saturated heterocycles. The predicted octanol–water partition coefficient (Wildman–Crippen LogP) is 3.32. The van der Waals surface area contributed by atoms with E-state index in [1.807, 2.05) is 0 Å². The van der Waals surface area contributed by atoms with Gasteiger partial charge in [-0.3, -0.25) is 0 Å². The molecular formula is C7H6F8O. The van der Waals surface area contributed by atoms with E-state index in [1.54, 1.807) is 0 Å². The summed E-state index contributed by atoms with van der Waals surface area (Å²) in [7, 11) is 0. The summed E-state index contributed by atoms with van der Waals surface area (Å²) in [5.74, 6) is 0. The van der Waals surface area contributed by atoms with Crippen molar-refractivity contribution in [1.82, 2.24) is 0 Å². The first kappa shape index (κ1) is 15.0. The zero-order valence-electron chi connectivity index (χ0n) is 7.45. The standard InChI is InChI=1S/C7H6F8O/c1-2-16-3(4(8)6(10,11)12)5(9)7(13,14)15/h2-5H,1H2. The molecule has 0 spiro atoms. The van der Waals surface area contributed by atoms with E-state index in [1.165, 1.54) is 0 Å². The minimum atomic E-state index is -5.65. The summed E-state index contributed by atoms with van der Waals surface area (Å²) in [6, 6.07) is 0. The first-order chi connectivity index (χ1) is 7.01. The number of hydrogen-bond donors (Lipinski definition) is 0. The van der Waals surface area contributed by atoms with Gasteiger partial charge in [-0.15, -0.1) is 0 Å². The molecule has 0 rings (SSSR count). The Kier molecular flexibility index (Phi) is 4.56. The van der Waals surface area contributed by atoms with Crippen LogP contribution in [0.5, 0.6) is 0 Å². The molecular weight excluding hydrogens is 252 g/mol. The first-order valence-corrected chi connectivity index (χ1v) is 3.69. The van der Waals surface area contributed by atoms with Crippen LogP contribution >= 0.6 is 0 Å². The maximum absolute atomic E-state index is 12.5. The van der Waals surface area contributed by atoms with E-state index in [4.69, 9.17) is 0 Å². The molecule has 0 aliphatic heterocycles. The summed E-state index contributed by atoms with van der Waals surface area (Å²) in [5.41, 5.74) is 0.